The summed E-state index contributed by atoms with van der Waals surface area (Å²) in [7, 11) is 0. The Labute approximate surface area is 127 Å². The van der Waals surface area contributed by atoms with Crippen LogP contribution < -0.4 is 5.32 Å². The fraction of sp³-hybridized carbons (Fsp3) is 0.615. The number of rotatable bonds is 7. The van der Waals surface area contributed by atoms with Gasteiger partial charge in [0.05, 0.1) is 4.92 Å². The highest BCUT2D eigenvalue weighted by atomic mass is 79.9. The van der Waals surface area contributed by atoms with E-state index in [0.29, 0.717) is 28.9 Å². The Morgan fingerprint density at radius 1 is 1.40 bits per heavy atom. The highest BCUT2D eigenvalue weighted by molar-refractivity contribution is 9.10. The van der Waals surface area contributed by atoms with Crippen molar-refractivity contribution in [3.63, 3.8) is 0 Å². The van der Waals surface area contributed by atoms with E-state index < -0.39 is 4.92 Å². The third-order valence-corrected chi connectivity index (χ3v) is 3.45. The number of nitrogens with one attached hydrogen (secondary N) is 1. The maximum absolute atomic E-state index is 11.0. The molecule has 0 fully saturated rings. The van der Waals surface area contributed by atoms with Gasteiger partial charge in [0.15, 0.2) is 0 Å². The summed E-state index contributed by atoms with van der Waals surface area (Å²) in [4.78, 5) is 16.9. The van der Waals surface area contributed by atoms with Gasteiger partial charge in [0.1, 0.15) is 0 Å². The molecule has 1 aromatic rings. The van der Waals surface area contributed by atoms with Gasteiger partial charge in [-0.3, -0.25) is 15.0 Å². The molecule has 0 aliphatic carbocycles. The van der Waals surface area contributed by atoms with Gasteiger partial charge in [0, 0.05) is 41.9 Å². The molecular weight excluding hydrogens is 324 g/mol. The van der Waals surface area contributed by atoms with Crippen LogP contribution in [0.15, 0.2) is 16.7 Å². The Morgan fingerprint density at radius 3 is 2.50 bits per heavy atom. The summed E-state index contributed by atoms with van der Waals surface area (Å²) in [6, 6.07) is 2.33. The zero-order chi connectivity index (χ0) is 15.3. The van der Waals surface area contributed by atoms with Gasteiger partial charge in [-0.1, -0.05) is 0 Å². The van der Waals surface area contributed by atoms with Gasteiger partial charge in [-0.05, 0) is 43.6 Å². The number of pyridine rings is 1. The molecule has 0 saturated carbocycles. The van der Waals surface area contributed by atoms with Gasteiger partial charge in [0.25, 0.3) is 0 Å². The lowest BCUT2D eigenvalue weighted by molar-refractivity contribution is -0.384. The third kappa shape index (κ3) is 4.72. The average Bonchev–Trinajstić information content (AvgIpc) is 2.34. The van der Waals surface area contributed by atoms with Crippen LogP contribution >= 0.6 is 15.9 Å². The second-order valence-electron chi connectivity index (χ2n) is 5.13. The summed E-state index contributed by atoms with van der Waals surface area (Å²) in [5.74, 6) is 0.311. The third-order valence-electron chi connectivity index (χ3n) is 3.02. The highest BCUT2D eigenvalue weighted by Crippen LogP contribution is 2.25. The van der Waals surface area contributed by atoms with Crippen LogP contribution in [0.2, 0.25) is 0 Å². The lowest BCUT2D eigenvalue weighted by Gasteiger charge is -2.30. The molecule has 20 heavy (non-hydrogen) atoms. The van der Waals surface area contributed by atoms with E-state index in [4.69, 9.17) is 0 Å². The first-order valence-electron chi connectivity index (χ1n) is 6.62. The van der Waals surface area contributed by atoms with Crippen molar-refractivity contribution in [3.05, 3.63) is 26.9 Å². The van der Waals surface area contributed by atoms with E-state index in [-0.39, 0.29) is 5.69 Å². The average molecular weight is 345 g/mol. The Hall–Kier alpha value is -1.21. The van der Waals surface area contributed by atoms with Crippen molar-refractivity contribution in [1.29, 1.82) is 0 Å². The first-order chi connectivity index (χ1) is 9.32. The summed E-state index contributed by atoms with van der Waals surface area (Å²) >= 11 is 3.19. The molecule has 0 atom stereocenters. The monoisotopic (exact) mass is 344 g/mol. The van der Waals surface area contributed by atoms with Crippen LogP contribution in [0.4, 0.5) is 11.5 Å². The molecule has 0 bridgehead atoms. The molecule has 1 aromatic heterocycles. The minimum absolute atomic E-state index is 0.0139. The second kappa shape index (κ2) is 7.54. The van der Waals surface area contributed by atoms with Crippen LogP contribution in [0.5, 0.6) is 0 Å². The van der Waals surface area contributed by atoms with Gasteiger partial charge in [-0.2, -0.15) is 0 Å². The topological polar surface area (TPSA) is 71.3 Å². The van der Waals surface area contributed by atoms with Gasteiger partial charge in [0.2, 0.25) is 5.82 Å². The Kier molecular flexibility index (Phi) is 6.35. The number of hydrogen-bond acceptors (Lipinski definition) is 5. The number of anilines is 1. The van der Waals surface area contributed by atoms with Crippen molar-refractivity contribution < 1.29 is 4.92 Å². The second-order valence-corrected chi connectivity index (χ2v) is 6.05. The molecule has 0 unspecified atom stereocenters. The first kappa shape index (κ1) is 16.8. The summed E-state index contributed by atoms with van der Waals surface area (Å²) in [5, 5.41) is 14.0. The summed E-state index contributed by atoms with van der Waals surface area (Å²) in [5.41, 5.74) is -0.0139. The van der Waals surface area contributed by atoms with Crippen molar-refractivity contribution in [1.82, 2.24) is 9.88 Å². The van der Waals surface area contributed by atoms with E-state index in [0.717, 1.165) is 6.54 Å². The molecule has 1 rings (SSSR count). The highest BCUT2D eigenvalue weighted by Gasteiger charge is 2.17. The summed E-state index contributed by atoms with van der Waals surface area (Å²) in [6.07, 6.45) is 1.55. The molecule has 1 N–H and O–H groups in total. The van der Waals surface area contributed by atoms with E-state index in [9.17, 15) is 10.1 Å². The Morgan fingerprint density at radius 2 is 2.00 bits per heavy atom. The molecule has 0 aliphatic heterocycles. The van der Waals surface area contributed by atoms with Crippen LogP contribution in [-0.2, 0) is 0 Å². The maximum atomic E-state index is 11.0. The summed E-state index contributed by atoms with van der Waals surface area (Å²) in [6.45, 7) is 9.98. The molecule has 0 aliphatic rings. The van der Waals surface area contributed by atoms with Crippen molar-refractivity contribution in [2.45, 2.75) is 39.8 Å². The molecular formula is C13H21BrN4O2. The van der Waals surface area contributed by atoms with Gasteiger partial charge in [-0.15, -0.1) is 0 Å². The minimum Gasteiger partial charge on any atom is -0.363 e. The van der Waals surface area contributed by atoms with Crippen LogP contribution in [-0.4, -0.2) is 40.0 Å². The quantitative estimate of drug-likeness (QED) is 0.607. The van der Waals surface area contributed by atoms with Crippen LogP contribution in [0.25, 0.3) is 0 Å². The molecule has 6 nitrogen and oxygen atoms in total. The molecule has 7 heteroatoms. The summed E-state index contributed by atoms with van der Waals surface area (Å²) < 4.78 is 0.598. The molecule has 0 aromatic carbocycles. The van der Waals surface area contributed by atoms with Gasteiger partial charge >= 0.3 is 5.69 Å². The number of hydrogen-bond donors (Lipinski definition) is 1. The smallest absolute Gasteiger partial charge is 0.312 e. The SMILES string of the molecule is CC(C)N(CCNc1ncc(Br)cc1[N+](=O)[O-])C(C)C. The maximum Gasteiger partial charge on any atom is 0.312 e. The van der Waals surface area contributed by atoms with Crippen LogP contribution in [0.1, 0.15) is 27.7 Å². The predicted molar refractivity (Wildman–Crippen MR) is 84.1 cm³/mol. The molecule has 0 radical (unpaired) electrons. The fourth-order valence-electron chi connectivity index (χ4n) is 2.12. The van der Waals surface area contributed by atoms with E-state index in [1.54, 1.807) is 6.20 Å². The van der Waals surface area contributed by atoms with E-state index in [2.05, 4.69) is 58.8 Å². The van der Waals surface area contributed by atoms with Crippen LogP contribution in [0.3, 0.4) is 0 Å². The van der Waals surface area contributed by atoms with Crippen molar-refractivity contribution >= 4 is 27.4 Å². The van der Waals surface area contributed by atoms with E-state index in [1.165, 1.54) is 6.07 Å². The predicted octanol–water partition coefficient (Wildman–Crippen LogP) is 3.28. The molecule has 0 saturated heterocycles. The number of halogens is 1. The standard InChI is InChI=1S/C13H21BrN4O2/c1-9(2)17(10(3)4)6-5-15-13-12(18(19)20)7-11(14)8-16-13/h7-10H,5-6H2,1-4H3,(H,15,16). The van der Waals surface area contributed by atoms with E-state index >= 15 is 0 Å². The number of aromatic nitrogens is 1. The number of nitrogens with zero attached hydrogens (tertiary/aromatic N) is 3. The van der Waals surface area contributed by atoms with Crippen molar-refractivity contribution in [3.8, 4) is 0 Å². The normalized spacial score (nSPS) is 11.4. The van der Waals surface area contributed by atoms with Gasteiger partial charge in [-0.25, -0.2) is 4.98 Å². The largest absolute Gasteiger partial charge is 0.363 e. The molecule has 0 spiro atoms. The Bertz CT molecular complexity index is 458. The number of nitro groups is 1. The van der Waals surface area contributed by atoms with Crippen LogP contribution in [0, 0.1) is 10.1 Å². The first-order valence-corrected chi connectivity index (χ1v) is 7.41. The lowest BCUT2D eigenvalue weighted by Crippen LogP contribution is -2.40. The Balaban J connectivity index is 2.68. The zero-order valence-electron chi connectivity index (χ0n) is 12.3. The minimum atomic E-state index is -0.428. The van der Waals surface area contributed by atoms with Crippen molar-refractivity contribution in [2.75, 3.05) is 18.4 Å². The molecule has 112 valence electrons. The fourth-order valence-corrected chi connectivity index (χ4v) is 2.44. The molecule has 1 heterocycles. The molecule has 0 amide bonds. The van der Waals surface area contributed by atoms with Crippen molar-refractivity contribution in [2.24, 2.45) is 0 Å². The zero-order valence-corrected chi connectivity index (χ0v) is 13.8. The van der Waals surface area contributed by atoms with Gasteiger partial charge < -0.3 is 5.32 Å². The lowest BCUT2D eigenvalue weighted by atomic mass is 10.2. The van der Waals surface area contributed by atoms with E-state index in [1.807, 2.05) is 0 Å².